The molecule has 1 fully saturated rings. The number of aromatic carboxylic acids is 1. The maximum absolute atomic E-state index is 10.9. The SMILES string of the molecule is CC(CN1CCN(CCc2ccc(C(=O)O)cc2)CC1)Oc1ccc(Cl)cc1. The van der Waals surface area contributed by atoms with Crippen LogP contribution in [0.2, 0.25) is 5.02 Å². The highest BCUT2D eigenvalue weighted by molar-refractivity contribution is 6.30. The van der Waals surface area contributed by atoms with Crippen molar-refractivity contribution in [1.82, 2.24) is 9.80 Å². The number of carboxylic acids is 1. The number of rotatable bonds is 8. The highest BCUT2D eigenvalue weighted by atomic mass is 35.5. The van der Waals surface area contributed by atoms with Gasteiger partial charge in [0.2, 0.25) is 0 Å². The fourth-order valence-electron chi connectivity index (χ4n) is 3.44. The molecule has 1 saturated heterocycles. The van der Waals surface area contributed by atoms with E-state index in [1.807, 2.05) is 36.4 Å². The summed E-state index contributed by atoms with van der Waals surface area (Å²) in [6.45, 7) is 8.16. The fraction of sp³-hybridized carbons (Fsp3) is 0.409. The Balaban J connectivity index is 1.37. The smallest absolute Gasteiger partial charge is 0.335 e. The Morgan fingerprint density at radius 2 is 1.64 bits per heavy atom. The minimum Gasteiger partial charge on any atom is -0.489 e. The number of ether oxygens (including phenoxy) is 1. The molecule has 1 unspecified atom stereocenters. The molecule has 1 aliphatic heterocycles. The first-order chi connectivity index (χ1) is 13.5. The van der Waals surface area contributed by atoms with E-state index in [4.69, 9.17) is 21.4 Å². The van der Waals surface area contributed by atoms with Gasteiger partial charge in [-0.2, -0.15) is 0 Å². The van der Waals surface area contributed by atoms with E-state index >= 15 is 0 Å². The van der Waals surface area contributed by atoms with Gasteiger partial charge in [-0.15, -0.1) is 0 Å². The average Bonchev–Trinajstić information content (AvgIpc) is 2.69. The van der Waals surface area contributed by atoms with Gasteiger partial charge < -0.3 is 14.7 Å². The van der Waals surface area contributed by atoms with Crippen LogP contribution in [0.15, 0.2) is 48.5 Å². The number of piperazine rings is 1. The summed E-state index contributed by atoms with van der Waals surface area (Å²) < 4.78 is 5.97. The van der Waals surface area contributed by atoms with E-state index in [2.05, 4.69) is 16.7 Å². The topological polar surface area (TPSA) is 53.0 Å². The molecule has 0 spiro atoms. The Kier molecular flexibility index (Phi) is 7.31. The van der Waals surface area contributed by atoms with Gasteiger partial charge in [-0.25, -0.2) is 4.79 Å². The second kappa shape index (κ2) is 9.92. The zero-order valence-corrected chi connectivity index (χ0v) is 16.9. The van der Waals surface area contributed by atoms with Gasteiger partial charge in [0.1, 0.15) is 11.9 Å². The number of benzene rings is 2. The number of carbonyl (C=O) groups is 1. The summed E-state index contributed by atoms with van der Waals surface area (Å²) in [5.41, 5.74) is 1.52. The highest BCUT2D eigenvalue weighted by Gasteiger charge is 2.19. The minimum atomic E-state index is -0.878. The Labute approximate surface area is 171 Å². The van der Waals surface area contributed by atoms with Crippen molar-refractivity contribution < 1.29 is 14.6 Å². The molecule has 0 saturated carbocycles. The number of carboxylic acid groups (broad SMARTS) is 1. The van der Waals surface area contributed by atoms with Crippen LogP contribution in [0.4, 0.5) is 0 Å². The van der Waals surface area contributed by atoms with Gasteiger partial charge in [0.25, 0.3) is 0 Å². The van der Waals surface area contributed by atoms with Crippen molar-refractivity contribution in [3.63, 3.8) is 0 Å². The summed E-state index contributed by atoms with van der Waals surface area (Å²) in [5, 5.41) is 9.68. The highest BCUT2D eigenvalue weighted by Crippen LogP contribution is 2.17. The van der Waals surface area contributed by atoms with Crippen molar-refractivity contribution in [2.24, 2.45) is 0 Å². The molecule has 28 heavy (non-hydrogen) atoms. The van der Waals surface area contributed by atoms with Gasteiger partial charge in [0, 0.05) is 44.3 Å². The molecule has 0 amide bonds. The molecule has 1 atom stereocenters. The zero-order chi connectivity index (χ0) is 19.9. The van der Waals surface area contributed by atoms with Crippen molar-refractivity contribution in [3.8, 4) is 5.75 Å². The molecular formula is C22H27ClN2O3. The van der Waals surface area contributed by atoms with Gasteiger partial charge in [0.15, 0.2) is 0 Å². The van der Waals surface area contributed by atoms with Crippen LogP contribution in [0.5, 0.6) is 5.75 Å². The average molecular weight is 403 g/mol. The first-order valence-corrected chi connectivity index (χ1v) is 10.1. The van der Waals surface area contributed by atoms with E-state index in [0.717, 1.165) is 51.4 Å². The number of hydrogen-bond acceptors (Lipinski definition) is 4. The summed E-state index contributed by atoms with van der Waals surface area (Å²) in [6, 6.07) is 14.7. The van der Waals surface area contributed by atoms with E-state index in [0.29, 0.717) is 10.6 Å². The van der Waals surface area contributed by atoms with Gasteiger partial charge in [-0.3, -0.25) is 4.90 Å². The molecule has 0 radical (unpaired) electrons. The Morgan fingerprint density at radius 3 is 2.25 bits per heavy atom. The third kappa shape index (κ3) is 6.23. The summed E-state index contributed by atoms with van der Waals surface area (Å²) in [5.74, 6) is -0.0265. The predicted octanol–water partition coefficient (Wildman–Crippen LogP) is 3.67. The van der Waals surface area contributed by atoms with E-state index in [9.17, 15) is 4.79 Å². The first kappa shape index (κ1) is 20.6. The predicted molar refractivity (Wildman–Crippen MR) is 112 cm³/mol. The zero-order valence-electron chi connectivity index (χ0n) is 16.2. The van der Waals surface area contributed by atoms with E-state index in [1.165, 1.54) is 5.56 Å². The molecule has 3 rings (SSSR count). The lowest BCUT2D eigenvalue weighted by atomic mass is 10.1. The standard InChI is InChI=1S/C22H27ClN2O3/c1-17(28-21-8-6-20(23)7-9-21)16-25-14-12-24(13-15-25)11-10-18-2-4-19(5-3-18)22(26)27/h2-9,17H,10-16H2,1H3,(H,26,27). The second-order valence-electron chi connectivity index (χ2n) is 7.28. The maximum Gasteiger partial charge on any atom is 0.335 e. The quantitative estimate of drug-likeness (QED) is 0.730. The summed E-state index contributed by atoms with van der Waals surface area (Å²) in [7, 11) is 0. The van der Waals surface area contributed by atoms with Crippen molar-refractivity contribution in [3.05, 3.63) is 64.7 Å². The maximum atomic E-state index is 10.9. The van der Waals surface area contributed by atoms with Gasteiger partial charge in [0.05, 0.1) is 5.56 Å². The van der Waals surface area contributed by atoms with Crippen molar-refractivity contribution >= 4 is 17.6 Å². The van der Waals surface area contributed by atoms with Crippen molar-refractivity contribution in [1.29, 1.82) is 0 Å². The Morgan fingerprint density at radius 1 is 1.04 bits per heavy atom. The van der Waals surface area contributed by atoms with Crippen LogP contribution in [0, 0.1) is 0 Å². The lowest BCUT2D eigenvalue weighted by Gasteiger charge is -2.35. The Hall–Kier alpha value is -2.08. The molecule has 1 aliphatic rings. The van der Waals surface area contributed by atoms with Crippen molar-refractivity contribution in [2.45, 2.75) is 19.4 Å². The van der Waals surface area contributed by atoms with E-state index < -0.39 is 5.97 Å². The van der Waals surface area contributed by atoms with Crippen LogP contribution in [0.25, 0.3) is 0 Å². The van der Waals surface area contributed by atoms with Gasteiger partial charge in [-0.05, 0) is 55.3 Å². The first-order valence-electron chi connectivity index (χ1n) is 9.69. The van der Waals surface area contributed by atoms with Crippen LogP contribution in [-0.2, 0) is 6.42 Å². The molecule has 0 aromatic heterocycles. The lowest BCUT2D eigenvalue weighted by Crippen LogP contribution is -2.49. The molecule has 5 nitrogen and oxygen atoms in total. The van der Waals surface area contributed by atoms with Crippen LogP contribution in [-0.4, -0.2) is 66.2 Å². The number of halogens is 1. The summed E-state index contributed by atoms with van der Waals surface area (Å²) >= 11 is 5.91. The molecular weight excluding hydrogens is 376 g/mol. The van der Waals surface area contributed by atoms with Crippen LogP contribution in [0.3, 0.4) is 0 Å². The molecule has 2 aromatic rings. The second-order valence-corrected chi connectivity index (χ2v) is 7.71. The van der Waals surface area contributed by atoms with Crippen LogP contribution in [0.1, 0.15) is 22.8 Å². The number of hydrogen-bond donors (Lipinski definition) is 1. The normalized spacial score (nSPS) is 16.6. The van der Waals surface area contributed by atoms with Crippen LogP contribution >= 0.6 is 11.6 Å². The molecule has 1 heterocycles. The van der Waals surface area contributed by atoms with Gasteiger partial charge in [-0.1, -0.05) is 23.7 Å². The monoisotopic (exact) mass is 402 g/mol. The fourth-order valence-corrected chi connectivity index (χ4v) is 3.57. The lowest BCUT2D eigenvalue weighted by molar-refractivity contribution is 0.0697. The molecule has 1 N–H and O–H groups in total. The molecule has 150 valence electrons. The number of nitrogens with zero attached hydrogens (tertiary/aromatic N) is 2. The van der Waals surface area contributed by atoms with Crippen molar-refractivity contribution in [2.75, 3.05) is 39.3 Å². The largest absolute Gasteiger partial charge is 0.489 e. The van der Waals surface area contributed by atoms with Crippen LogP contribution < -0.4 is 4.74 Å². The third-order valence-electron chi connectivity index (χ3n) is 5.05. The summed E-state index contributed by atoms with van der Waals surface area (Å²) in [4.78, 5) is 15.8. The van der Waals surface area contributed by atoms with Gasteiger partial charge >= 0.3 is 5.97 Å². The van der Waals surface area contributed by atoms with E-state index in [1.54, 1.807) is 12.1 Å². The van der Waals surface area contributed by atoms with E-state index in [-0.39, 0.29) is 6.10 Å². The third-order valence-corrected chi connectivity index (χ3v) is 5.30. The molecule has 0 aliphatic carbocycles. The molecule has 2 aromatic carbocycles. The molecule has 0 bridgehead atoms. The Bertz CT molecular complexity index is 756. The molecule has 6 heteroatoms. The summed E-state index contributed by atoms with van der Waals surface area (Å²) in [6.07, 6.45) is 1.07. The minimum absolute atomic E-state index is 0.125.